The minimum absolute atomic E-state index is 0.1000. The topological polar surface area (TPSA) is 63.9 Å². The van der Waals surface area contributed by atoms with Gasteiger partial charge in [-0.2, -0.15) is 0 Å². The molecule has 0 aliphatic carbocycles. The van der Waals surface area contributed by atoms with Crippen LogP contribution in [0.2, 0.25) is 0 Å². The van der Waals surface area contributed by atoms with Gasteiger partial charge in [-0.05, 0) is 30.5 Å². The van der Waals surface area contributed by atoms with Crippen LogP contribution in [-0.4, -0.2) is 37.1 Å². The van der Waals surface area contributed by atoms with Crippen molar-refractivity contribution in [1.82, 2.24) is 24.6 Å². The highest BCUT2D eigenvalue weighted by atomic mass is 16.2. The van der Waals surface area contributed by atoms with Crippen molar-refractivity contribution < 1.29 is 4.79 Å². The van der Waals surface area contributed by atoms with Gasteiger partial charge in [-0.25, -0.2) is 0 Å². The van der Waals surface area contributed by atoms with Gasteiger partial charge in [0.1, 0.15) is 5.82 Å². The molecule has 2 aromatic heterocycles. The molecule has 3 aromatic rings. The SMILES string of the molecule is Cc1nnc2n1[C@H](Cc1ccccc1)CN(C(=O)Cc1cccnc1)C2. The second-order valence-electron chi connectivity index (χ2n) is 6.69. The Morgan fingerprint density at radius 1 is 1.12 bits per heavy atom. The molecule has 3 heterocycles. The average Bonchev–Trinajstić information content (AvgIpc) is 3.04. The van der Waals surface area contributed by atoms with E-state index in [-0.39, 0.29) is 11.9 Å². The summed E-state index contributed by atoms with van der Waals surface area (Å²) < 4.78 is 2.18. The van der Waals surface area contributed by atoms with E-state index in [2.05, 4.69) is 31.9 Å². The van der Waals surface area contributed by atoms with E-state index in [4.69, 9.17) is 0 Å². The quantitative estimate of drug-likeness (QED) is 0.727. The van der Waals surface area contributed by atoms with Gasteiger partial charge in [-0.15, -0.1) is 10.2 Å². The molecule has 6 heteroatoms. The number of aryl methyl sites for hydroxylation is 1. The molecule has 1 atom stereocenters. The molecule has 0 fully saturated rings. The van der Waals surface area contributed by atoms with E-state index in [0.717, 1.165) is 23.6 Å². The summed E-state index contributed by atoms with van der Waals surface area (Å²) in [5.41, 5.74) is 2.18. The maximum Gasteiger partial charge on any atom is 0.227 e. The highest BCUT2D eigenvalue weighted by molar-refractivity contribution is 5.78. The van der Waals surface area contributed by atoms with Crippen LogP contribution in [0, 0.1) is 6.92 Å². The number of carbonyl (C=O) groups is 1. The zero-order chi connectivity index (χ0) is 17.9. The Morgan fingerprint density at radius 2 is 1.92 bits per heavy atom. The predicted molar refractivity (Wildman–Crippen MR) is 97.3 cm³/mol. The maximum atomic E-state index is 12.8. The molecule has 1 amide bonds. The third-order valence-corrected chi connectivity index (χ3v) is 4.81. The van der Waals surface area contributed by atoms with Crippen molar-refractivity contribution in [2.45, 2.75) is 32.4 Å². The standard InChI is InChI=1S/C20H21N5O/c1-15-22-23-19-14-24(20(26)11-17-8-5-9-21-12-17)13-18(25(15)19)10-16-6-3-2-4-7-16/h2-9,12,18H,10-11,13-14H2,1H3/t18-/m1/s1. The van der Waals surface area contributed by atoms with Gasteiger partial charge in [0.2, 0.25) is 5.91 Å². The number of benzene rings is 1. The van der Waals surface area contributed by atoms with Crippen LogP contribution >= 0.6 is 0 Å². The number of pyridine rings is 1. The number of fused-ring (bicyclic) bond motifs is 1. The Hall–Kier alpha value is -3.02. The lowest BCUT2D eigenvalue weighted by Gasteiger charge is -2.34. The summed E-state index contributed by atoms with van der Waals surface area (Å²) in [6.07, 6.45) is 4.67. The third kappa shape index (κ3) is 3.35. The minimum atomic E-state index is 0.1000. The number of nitrogens with zero attached hydrogens (tertiary/aromatic N) is 5. The lowest BCUT2D eigenvalue weighted by Crippen LogP contribution is -2.42. The minimum Gasteiger partial charge on any atom is -0.333 e. The number of carbonyl (C=O) groups excluding carboxylic acids is 1. The molecule has 1 aliphatic heterocycles. The first-order valence-corrected chi connectivity index (χ1v) is 8.81. The summed E-state index contributed by atoms with van der Waals surface area (Å²) in [4.78, 5) is 18.8. The summed E-state index contributed by atoms with van der Waals surface area (Å²) in [7, 11) is 0. The molecule has 0 saturated heterocycles. The molecule has 0 spiro atoms. The highest BCUT2D eigenvalue weighted by Crippen LogP contribution is 2.25. The van der Waals surface area contributed by atoms with Gasteiger partial charge in [-0.1, -0.05) is 36.4 Å². The van der Waals surface area contributed by atoms with Crippen LogP contribution in [0.15, 0.2) is 54.9 Å². The van der Waals surface area contributed by atoms with Crippen LogP contribution in [0.5, 0.6) is 0 Å². The fourth-order valence-corrected chi connectivity index (χ4v) is 3.59. The summed E-state index contributed by atoms with van der Waals surface area (Å²) >= 11 is 0. The van der Waals surface area contributed by atoms with E-state index in [1.165, 1.54) is 5.56 Å². The predicted octanol–water partition coefficient (Wildman–Crippen LogP) is 2.35. The van der Waals surface area contributed by atoms with Crippen molar-refractivity contribution in [2.75, 3.05) is 6.54 Å². The zero-order valence-electron chi connectivity index (χ0n) is 14.7. The van der Waals surface area contributed by atoms with Gasteiger partial charge < -0.3 is 9.47 Å². The molecule has 0 radical (unpaired) electrons. The smallest absolute Gasteiger partial charge is 0.227 e. The average molecular weight is 347 g/mol. The second-order valence-corrected chi connectivity index (χ2v) is 6.69. The molecular formula is C20H21N5O. The lowest BCUT2D eigenvalue weighted by atomic mass is 10.0. The van der Waals surface area contributed by atoms with Gasteiger partial charge in [0.05, 0.1) is 19.0 Å². The first-order chi connectivity index (χ1) is 12.7. The number of hydrogen-bond donors (Lipinski definition) is 0. The number of rotatable bonds is 4. The molecular weight excluding hydrogens is 326 g/mol. The fraction of sp³-hybridized carbons (Fsp3) is 0.300. The molecule has 132 valence electrons. The van der Waals surface area contributed by atoms with E-state index in [9.17, 15) is 4.79 Å². The molecule has 0 unspecified atom stereocenters. The Bertz CT molecular complexity index is 891. The Kier molecular flexibility index (Phi) is 4.48. The van der Waals surface area contributed by atoms with Crippen LogP contribution in [0.3, 0.4) is 0 Å². The lowest BCUT2D eigenvalue weighted by molar-refractivity contribution is -0.132. The summed E-state index contributed by atoms with van der Waals surface area (Å²) in [5, 5.41) is 8.53. The second kappa shape index (κ2) is 7.07. The summed E-state index contributed by atoms with van der Waals surface area (Å²) in [6.45, 7) is 3.15. The van der Waals surface area contributed by atoms with Gasteiger partial charge in [-0.3, -0.25) is 9.78 Å². The van der Waals surface area contributed by atoms with Gasteiger partial charge in [0, 0.05) is 18.9 Å². The number of aromatic nitrogens is 4. The normalized spacial score (nSPS) is 16.3. The van der Waals surface area contributed by atoms with Crippen LogP contribution in [0.4, 0.5) is 0 Å². The van der Waals surface area contributed by atoms with Gasteiger partial charge >= 0.3 is 0 Å². The van der Waals surface area contributed by atoms with Gasteiger partial charge in [0.25, 0.3) is 0 Å². The molecule has 1 aromatic carbocycles. The molecule has 0 bridgehead atoms. The molecule has 0 saturated carbocycles. The van der Waals surface area contributed by atoms with Crippen molar-refractivity contribution in [1.29, 1.82) is 0 Å². The van der Waals surface area contributed by atoms with Crippen molar-refractivity contribution in [3.8, 4) is 0 Å². The molecule has 4 rings (SSSR count). The molecule has 0 N–H and O–H groups in total. The molecule has 1 aliphatic rings. The summed E-state index contributed by atoms with van der Waals surface area (Å²) in [5.74, 6) is 1.86. The fourth-order valence-electron chi connectivity index (χ4n) is 3.59. The van der Waals surface area contributed by atoms with Crippen LogP contribution < -0.4 is 0 Å². The van der Waals surface area contributed by atoms with Crippen molar-refractivity contribution >= 4 is 5.91 Å². The van der Waals surface area contributed by atoms with Crippen LogP contribution in [0.1, 0.15) is 28.8 Å². The molecule has 26 heavy (non-hydrogen) atoms. The van der Waals surface area contributed by atoms with Crippen LogP contribution in [0.25, 0.3) is 0 Å². The summed E-state index contributed by atoms with van der Waals surface area (Å²) in [6, 6.07) is 14.3. The van der Waals surface area contributed by atoms with E-state index < -0.39 is 0 Å². The maximum absolute atomic E-state index is 12.8. The van der Waals surface area contributed by atoms with Crippen molar-refractivity contribution in [3.63, 3.8) is 0 Å². The van der Waals surface area contributed by atoms with E-state index >= 15 is 0 Å². The largest absolute Gasteiger partial charge is 0.333 e. The number of hydrogen-bond acceptors (Lipinski definition) is 4. The van der Waals surface area contributed by atoms with E-state index in [0.29, 0.717) is 19.5 Å². The number of amides is 1. The van der Waals surface area contributed by atoms with E-state index in [1.807, 2.05) is 42.2 Å². The highest BCUT2D eigenvalue weighted by Gasteiger charge is 2.30. The Balaban J connectivity index is 1.56. The first-order valence-electron chi connectivity index (χ1n) is 8.81. The van der Waals surface area contributed by atoms with Gasteiger partial charge in [0.15, 0.2) is 5.82 Å². The zero-order valence-corrected chi connectivity index (χ0v) is 14.7. The van der Waals surface area contributed by atoms with Crippen molar-refractivity contribution in [3.05, 3.63) is 77.6 Å². The van der Waals surface area contributed by atoms with E-state index in [1.54, 1.807) is 12.4 Å². The first kappa shape index (κ1) is 16.4. The molecule has 6 nitrogen and oxygen atoms in total. The Labute approximate surface area is 152 Å². The monoisotopic (exact) mass is 347 g/mol. The van der Waals surface area contributed by atoms with Crippen molar-refractivity contribution in [2.24, 2.45) is 0 Å². The van der Waals surface area contributed by atoms with Crippen LogP contribution in [-0.2, 0) is 24.2 Å². The Morgan fingerprint density at radius 3 is 2.69 bits per heavy atom. The third-order valence-electron chi connectivity index (χ3n) is 4.81.